The number of benzene rings is 1. The molecule has 5 nitrogen and oxygen atoms in total. The van der Waals surface area contributed by atoms with E-state index < -0.39 is 17.9 Å². The maximum Gasteiger partial charge on any atom is 0.266 e. The van der Waals surface area contributed by atoms with Gasteiger partial charge in [0, 0.05) is 5.56 Å². The van der Waals surface area contributed by atoms with E-state index in [1.54, 1.807) is 37.3 Å². The Labute approximate surface area is 149 Å². The Morgan fingerprint density at radius 3 is 2.42 bits per heavy atom. The number of aliphatic carboxylic acids is 1. The van der Waals surface area contributed by atoms with Crippen LogP contribution in [0.2, 0.25) is 0 Å². The summed E-state index contributed by atoms with van der Waals surface area (Å²) in [6.45, 7) is 3.60. The fourth-order valence-electron chi connectivity index (χ4n) is 2.36. The Bertz CT molecular complexity index is 712. The molecule has 0 aromatic heterocycles. The molecule has 0 N–H and O–H groups in total. The van der Waals surface area contributed by atoms with E-state index in [9.17, 15) is 19.5 Å². The fourth-order valence-corrected chi connectivity index (χ4v) is 3.69. The molecule has 1 saturated heterocycles. The van der Waals surface area contributed by atoms with Crippen molar-refractivity contribution in [3.63, 3.8) is 0 Å². The summed E-state index contributed by atoms with van der Waals surface area (Å²) in [7, 11) is 0. The summed E-state index contributed by atoms with van der Waals surface area (Å²) in [5.41, 5.74) is 1.27. The van der Waals surface area contributed by atoms with Gasteiger partial charge in [-0.2, -0.15) is 0 Å². The first-order chi connectivity index (χ1) is 11.4. The van der Waals surface area contributed by atoms with Crippen molar-refractivity contribution in [2.24, 2.45) is 5.92 Å². The lowest BCUT2D eigenvalue weighted by atomic mass is 9.98. The summed E-state index contributed by atoms with van der Waals surface area (Å²) in [6, 6.07) is 5.62. The van der Waals surface area contributed by atoms with Crippen LogP contribution in [-0.4, -0.2) is 33.4 Å². The molecule has 0 unspecified atom stereocenters. The van der Waals surface area contributed by atoms with Crippen molar-refractivity contribution in [3.05, 3.63) is 40.3 Å². The minimum atomic E-state index is -1.31. The summed E-state index contributed by atoms with van der Waals surface area (Å²) < 4.78 is 0.213. The van der Waals surface area contributed by atoms with Crippen molar-refractivity contribution in [2.45, 2.75) is 26.3 Å². The molecule has 1 fully saturated rings. The lowest BCUT2D eigenvalue weighted by Gasteiger charge is -2.32. The van der Waals surface area contributed by atoms with E-state index in [-0.39, 0.29) is 10.2 Å². The minimum Gasteiger partial charge on any atom is -0.548 e. The summed E-state index contributed by atoms with van der Waals surface area (Å²) in [5.74, 6) is -2.01. The lowest BCUT2D eigenvalue weighted by molar-refractivity contribution is -0.311. The number of thioether (sulfide) groups is 1. The number of carboxylic acids is 1. The maximum absolute atomic E-state index is 12.6. The Morgan fingerprint density at radius 2 is 1.92 bits per heavy atom. The predicted octanol–water partition coefficient (Wildman–Crippen LogP) is 1.86. The van der Waals surface area contributed by atoms with Crippen LogP contribution in [0.5, 0.6) is 0 Å². The summed E-state index contributed by atoms with van der Waals surface area (Å²) in [5, 5.41) is 11.5. The van der Waals surface area contributed by atoms with Gasteiger partial charge in [0.15, 0.2) is 0 Å². The number of thiocarbonyl (C=S) groups is 1. The van der Waals surface area contributed by atoms with Gasteiger partial charge in [0.2, 0.25) is 0 Å². The number of hydrogen-bond donors (Lipinski definition) is 0. The Balaban J connectivity index is 2.31. The molecule has 0 aliphatic carbocycles. The second kappa shape index (κ2) is 7.72. The number of carboxylic acid groups (broad SMARTS) is 1. The van der Waals surface area contributed by atoms with Crippen LogP contribution < -0.4 is 5.11 Å². The molecule has 2 atom stereocenters. The highest BCUT2D eigenvalue weighted by Gasteiger charge is 2.39. The monoisotopic (exact) mass is 362 g/mol. The largest absolute Gasteiger partial charge is 0.548 e. The Hall–Kier alpha value is -1.99. The van der Waals surface area contributed by atoms with Crippen molar-refractivity contribution >= 4 is 52.5 Å². The average Bonchev–Trinajstić information content (AvgIpc) is 2.83. The van der Waals surface area contributed by atoms with Gasteiger partial charge >= 0.3 is 0 Å². The molecule has 1 aromatic carbocycles. The Morgan fingerprint density at radius 1 is 1.33 bits per heavy atom. The smallest absolute Gasteiger partial charge is 0.266 e. The predicted molar refractivity (Wildman–Crippen MR) is 95.1 cm³/mol. The van der Waals surface area contributed by atoms with Gasteiger partial charge in [0.25, 0.3) is 5.91 Å². The standard InChI is InChI=1S/C17H17NO4S2/c1-3-10(2)14(16(21)22)18-15(20)13(24-17(18)23)8-11-4-6-12(9-19)7-5-11/h4-10,14H,3H2,1-2H3,(H,21,22)/p-1/b13-8-/t10-,14+/m0/s1. The van der Waals surface area contributed by atoms with Crippen molar-refractivity contribution in [2.75, 3.05) is 0 Å². The van der Waals surface area contributed by atoms with E-state index in [0.717, 1.165) is 28.5 Å². The van der Waals surface area contributed by atoms with Gasteiger partial charge in [-0.3, -0.25) is 14.5 Å². The van der Waals surface area contributed by atoms with Gasteiger partial charge in [0.05, 0.1) is 16.9 Å². The van der Waals surface area contributed by atoms with Crippen molar-refractivity contribution < 1.29 is 19.5 Å². The molecule has 1 amide bonds. The third kappa shape index (κ3) is 3.73. The van der Waals surface area contributed by atoms with Crippen molar-refractivity contribution in [1.82, 2.24) is 4.90 Å². The first kappa shape index (κ1) is 18.4. The normalized spacial score (nSPS) is 18.8. The van der Waals surface area contributed by atoms with Gasteiger partial charge < -0.3 is 9.90 Å². The van der Waals surface area contributed by atoms with E-state index in [1.165, 1.54) is 0 Å². The molecule has 2 rings (SSSR count). The zero-order valence-corrected chi connectivity index (χ0v) is 14.9. The number of amides is 1. The van der Waals surface area contributed by atoms with Crippen molar-refractivity contribution in [1.29, 1.82) is 0 Å². The highest BCUT2D eigenvalue weighted by atomic mass is 32.2. The topological polar surface area (TPSA) is 77.5 Å². The zero-order chi connectivity index (χ0) is 17.9. The molecule has 1 heterocycles. The Kier molecular flexibility index (Phi) is 5.90. The second-order valence-electron chi connectivity index (χ2n) is 5.49. The molecule has 126 valence electrons. The maximum atomic E-state index is 12.6. The minimum absolute atomic E-state index is 0.213. The SMILES string of the molecule is CC[C@H](C)[C@H](C(=O)[O-])N1C(=O)/C(=C/c2ccc(C=O)cc2)SC1=S. The fraction of sp³-hybridized carbons (Fsp3) is 0.294. The number of carbonyl (C=O) groups excluding carboxylic acids is 3. The van der Waals surface area contributed by atoms with Gasteiger partial charge in [-0.05, 0) is 17.6 Å². The number of hydrogen-bond acceptors (Lipinski definition) is 6. The molecular weight excluding hydrogens is 346 g/mol. The molecule has 1 aliphatic heterocycles. The lowest BCUT2D eigenvalue weighted by Crippen LogP contribution is -2.53. The highest BCUT2D eigenvalue weighted by molar-refractivity contribution is 8.26. The van der Waals surface area contributed by atoms with Crippen LogP contribution in [0.1, 0.15) is 36.2 Å². The van der Waals surface area contributed by atoms with Gasteiger partial charge in [-0.15, -0.1) is 0 Å². The summed E-state index contributed by atoms with van der Waals surface area (Å²) in [4.78, 5) is 36.3. The van der Waals surface area contributed by atoms with Crippen LogP contribution in [0.3, 0.4) is 0 Å². The summed E-state index contributed by atoms with van der Waals surface area (Å²) in [6.07, 6.45) is 2.96. The summed E-state index contributed by atoms with van der Waals surface area (Å²) >= 11 is 6.27. The van der Waals surface area contributed by atoms with Crippen molar-refractivity contribution in [3.8, 4) is 0 Å². The molecule has 0 radical (unpaired) electrons. The number of rotatable bonds is 6. The van der Waals surface area contributed by atoms with Gasteiger partial charge in [0.1, 0.15) is 10.6 Å². The van der Waals surface area contributed by atoms with Gasteiger partial charge in [-0.25, -0.2) is 0 Å². The number of carbonyl (C=O) groups is 3. The van der Waals surface area contributed by atoms with E-state index in [1.807, 2.05) is 6.92 Å². The molecule has 7 heteroatoms. The van der Waals surface area contributed by atoms with E-state index in [0.29, 0.717) is 16.9 Å². The third-order valence-corrected chi connectivity index (χ3v) is 5.23. The average molecular weight is 362 g/mol. The zero-order valence-electron chi connectivity index (χ0n) is 13.2. The quantitative estimate of drug-likeness (QED) is 0.437. The molecule has 24 heavy (non-hydrogen) atoms. The van der Waals surface area contributed by atoms with Crippen LogP contribution in [0.15, 0.2) is 29.2 Å². The molecular formula is C17H16NO4S2-. The number of aldehydes is 1. The van der Waals surface area contributed by atoms with Gasteiger partial charge in [-0.1, -0.05) is 68.5 Å². The van der Waals surface area contributed by atoms with Crippen LogP contribution in [0, 0.1) is 5.92 Å². The molecule has 0 bridgehead atoms. The first-order valence-corrected chi connectivity index (χ1v) is 8.64. The number of nitrogens with zero attached hydrogens (tertiary/aromatic N) is 1. The van der Waals surface area contributed by atoms with Crippen LogP contribution in [0.4, 0.5) is 0 Å². The molecule has 1 aromatic rings. The highest BCUT2D eigenvalue weighted by Crippen LogP contribution is 2.35. The van der Waals surface area contributed by atoms with E-state index in [4.69, 9.17) is 12.2 Å². The van der Waals surface area contributed by atoms with E-state index in [2.05, 4.69) is 0 Å². The second-order valence-corrected chi connectivity index (χ2v) is 7.16. The third-order valence-electron chi connectivity index (χ3n) is 3.90. The van der Waals surface area contributed by atoms with E-state index >= 15 is 0 Å². The van der Waals surface area contributed by atoms with Crippen LogP contribution in [-0.2, 0) is 9.59 Å². The first-order valence-electron chi connectivity index (χ1n) is 7.42. The molecule has 1 aliphatic rings. The molecule has 0 spiro atoms. The molecule has 0 saturated carbocycles. The van der Waals surface area contributed by atoms with Crippen LogP contribution in [0.25, 0.3) is 6.08 Å². The van der Waals surface area contributed by atoms with Crippen LogP contribution >= 0.6 is 24.0 Å².